The quantitative estimate of drug-likeness (QED) is 0.140. The molecule has 49 heavy (non-hydrogen) atoms. The summed E-state index contributed by atoms with van der Waals surface area (Å²) in [5.74, 6) is 0. The highest BCUT2D eigenvalue weighted by Crippen LogP contribution is 2.34. The SMILES string of the molecule is C1=Cc2[nH]c3ccc(B(c4ccccc4)c4ccc5ccc6cccc7ccc4c5c67)cc3c2C=C(CCc2cccc3ccccc23)C1. The number of H-pyrrole nitrogens is 1. The van der Waals surface area contributed by atoms with Gasteiger partial charge in [0.2, 0.25) is 6.71 Å². The van der Waals surface area contributed by atoms with Gasteiger partial charge in [-0.1, -0.05) is 174 Å². The first-order valence-electron chi connectivity index (χ1n) is 17.5. The van der Waals surface area contributed by atoms with Gasteiger partial charge >= 0.3 is 0 Å². The second-order valence-corrected chi connectivity index (χ2v) is 13.7. The highest BCUT2D eigenvalue weighted by Gasteiger charge is 2.26. The molecule has 0 unspecified atom stereocenters. The van der Waals surface area contributed by atoms with Crippen molar-refractivity contribution in [3.05, 3.63) is 174 Å². The zero-order chi connectivity index (χ0) is 32.3. The van der Waals surface area contributed by atoms with Crippen LogP contribution in [0.1, 0.15) is 29.7 Å². The fourth-order valence-corrected chi connectivity index (χ4v) is 8.50. The number of aromatic nitrogens is 1. The van der Waals surface area contributed by atoms with Crippen molar-refractivity contribution in [3.8, 4) is 0 Å². The topological polar surface area (TPSA) is 15.8 Å². The number of benzene rings is 8. The van der Waals surface area contributed by atoms with E-state index in [1.54, 1.807) is 0 Å². The van der Waals surface area contributed by atoms with Gasteiger partial charge in [0.15, 0.2) is 0 Å². The van der Waals surface area contributed by atoms with Crippen LogP contribution < -0.4 is 16.4 Å². The smallest absolute Gasteiger partial charge is 0.242 e. The third-order valence-electron chi connectivity index (χ3n) is 10.8. The first kappa shape index (κ1) is 28.2. The van der Waals surface area contributed by atoms with E-state index in [4.69, 9.17) is 0 Å². The molecule has 8 aromatic carbocycles. The molecular weight excluding hydrogens is 589 g/mol. The Balaban J connectivity index is 1.10. The van der Waals surface area contributed by atoms with Crippen LogP contribution in [0.2, 0.25) is 0 Å². The summed E-state index contributed by atoms with van der Waals surface area (Å²) in [6.07, 6.45) is 10.1. The fraction of sp³-hybridized carbons (Fsp3) is 0.0638. The molecule has 0 aliphatic heterocycles. The first-order valence-corrected chi connectivity index (χ1v) is 17.5. The van der Waals surface area contributed by atoms with E-state index >= 15 is 0 Å². The molecule has 2 heteroatoms. The minimum Gasteiger partial charge on any atom is -0.355 e. The zero-order valence-corrected chi connectivity index (χ0v) is 27.3. The van der Waals surface area contributed by atoms with Crippen LogP contribution in [0.25, 0.3) is 66.1 Å². The van der Waals surface area contributed by atoms with E-state index in [2.05, 4.69) is 169 Å². The van der Waals surface area contributed by atoms with E-state index in [-0.39, 0.29) is 6.71 Å². The maximum Gasteiger partial charge on any atom is 0.242 e. The third kappa shape index (κ3) is 4.71. The zero-order valence-electron chi connectivity index (χ0n) is 27.3. The van der Waals surface area contributed by atoms with Crippen molar-refractivity contribution in [2.24, 2.45) is 0 Å². The Kier molecular flexibility index (Phi) is 6.55. The van der Waals surface area contributed by atoms with Gasteiger partial charge in [0, 0.05) is 22.2 Å². The molecule has 1 heterocycles. The van der Waals surface area contributed by atoms with Crippen molar-refractivity contribution in [1.82, 2.24) is 4.98 Å². The molecule has 0 radical (unpaired) electrons. The van der Waals surface area contributed by atoms with Crippen LogP contribution in [0.3, 0.4) is 0 Å². The summed E-state index contributed by atoms with van der Waals surface area (Å²) in [6, 6.07) is 54.2. The molecule has 0 fully saturated rings. The normalized spacial score (nSPS) is 13.0. The van der Waals surface area contributed by atoms with Gasteiger partial charge in [-0.05, 0) is 80.1 Å². The molecule has 0 amide bonds. The van der Waals surface area contributed by atoms with E-state index in [0.717, 1.165) is 19.3 Å². The average molecular weight is 624 g/mol. The van der Waals surface area contributed by atoms with E-state index in [0.29, 0.717) is 0 Å². The number of rotatable bonds is 6. The molecule has 0 saturated heterocycles. The van der Waals surface area contributed by atoms with E-state index in [9.17, 15) is 0 Å². The Bertz CT molecular complexity index is 2730. The number of aryl methyl sites for hydroxylation is 1. The van der Waals surface area contributed by atoms with Crippen molar-refractivity contribution in [2.75, 3.05) is 0 Å². The fourth-order valence-electron chi connectivity index (χ4n) is 8.50. The lowest BCUT2D eigenvalue weighted by Crippen LogP contribution is -2.52. The third-order valence-corrected chi connectivity index (χ3v) is 10.8. The van der Waals surface area contributed by atoms with Crippen LogP contribution in [0, 0.1) is 0 Å². The maximum absolute atomic E-state index is 3.75. The number of aromatic amines is 1. The molecule has 10 rings (SSSR count). The van der Waals surface area contributed by atoms with Crippen molar-refractivity contribution in [1.29, 1.82) is 0 Å². The highest BCUT2D eigenvalue weighted by molar-refractivity contribution is 6.97. The van der Waals surface area contributed by atoms with Crippen LogP contribution in [-0.4, -0.2) is 11.7 Å². The standard InChI is InChI=1S/C47H34BN/c1-2-15-37(16-3-1)48(43-27-24-36-22-21-34-13-8-14-35-23-26-40(43)47(36)46(34)35)38-25-28-45-42(30-38)41-29-31(9-6-18-44(41)49-45)19-20-33-12-7-11-32-10-4-5-17-39(32)33/h1-8,10-18,21-30,49H,9,19-20H2. The molecule has 0 atom stereocenters. The molecule has 1 N–H and O–H groups in total. The minimum atomic E-state index is 0.0943. The molecule has 1 aliphatic carbocycles. The number of nitrogens with one attached hydrogen (secondary N) is 1. The minimum absolute atomic E-state index is 0.0943. The summed E-state index contributed by atoms with van der Waals surface area (Å²) in [5.41, 5.74) is 10.6. The van der Waals surface area contributed by atoms with Crippen LogP contribution in [-0.2, 0) is 6.42 Å². The van der Waals surface area contributed by atoms with Crippen molar-refractivity contribution < 1.29 is 0 Å². The molecule has 230 valence electrons. The van der Waals surface area contributed by atoms with Gasteiger partial charge in [-0.3, -0.25) is 0 Å². The Morgan fingerprint density at radius 2 is 1.27 bits per heavy atom. The van der Waals surface area contributed by atoms with E-state index in [1.807, 2.05) is 0 Å². The predicted molar refractivity (Wildman–Crippen MR) is 213 cm³/mol. The second-order valence-electron chi connectivity index (χ2n) is 13.7. The monoisotopic (exact) mass is 623 g/mol. The summed E-state index contributed by atoms with van der Waals surface area (Å²) in [6.45, 7) is 0.0943. The number of allylic oxidation sites excluding steroid dienone is 2. The average Bonchev–Trinajstić information content (AvgIpc) is 3.36. The lowest BCUT2D eigenvalue weighted by molar-refractivity contribution is 0.927. The predicted octanol–water partition coefficient (Wildman–Crippen LogP) is 10.2. The molecule has 1 nitrogen and oxygen atoms in total. The first-order chi connectivity index (χ1) is 24.3. The number of hydrogen-bond acceptors (Lipinski definition) is 0. The lowest BCUT2D eigenvalue weighted by atomic mass is 9.36. The summed E-state index contributed by atoms with van der Waals surface area (Å²) in [7, 11) is 0. The Labute approximate surface area is 286 Å². The molecule has 1 aliphatic rings. The van der Waals surface area contributed by atoms with Crippen LogP contribution in [0.4, 0.5) is 0 Å². The summed E-state index contributed by atoms with van der Waals surface area (Å²) in [5, 5.41) is 12.0. The Morgan fingerprint density at radius 1 is 0.531 bits per heavy atom. The Morgan fingerprint density at radius 3 is 2.16 bits per heavy atom. The Hall–Kier alpha value is -5.86. The largest absolute Gasteiger partial charge is 0.355 e. The van der Waals surface area contributed by atoms with Gasteiger partial charge < -0.3 is 4.98 Å². The molecular formula is C47H34BN. The van der Waals surface area contributed by atoms with E-state index in [1.165, 1.54) is 92.8 Å². The molecule has 1 aromatic heterocycles. The van der Waals surface area contributed by atoms with Gasteiger partial charge in [-0.15, -0.1) is 0 Å². The molecule has 9 aromatic rings. The van der Waals surface area contributed by atoms with E-state index < -0.39 is 0 Å². The van der Waals surface area contributed by atoms with Gasteiger partial charge in [-0.2, -0.15) is 0 Å². The molecule has 0 spiro atoms. The van der Waals surface area contributed by atoms with Crippen molar-refractivity contribution in [2.45, 2.75) is 19.3 Å². The summed E-state index contributed by atoms with van der Waals surface area (Å²) < 4.78 is 0. The molecule has 0 saturated carbocycles. The highest BCUT2D eigenvalue weighted by atomic mass is 14.7. The lowest BCUT2D eigenvalue weighted by Gasteiger charge is -2.20. The van der Waals surface area contributed by atoms with Gasteiger partial charge in [-0.25, -0.2) is 0 Å². The summed E-state index contributed by atoms with van der Waals surface area (Å²) >= 11 is 0. The molecule has 0 bridgehead atoms. The van der Waals surface area contributed by atoms with Gasteiger partial charge in [0.1, 0.15) is 0 Å². The maximum atomic E-state index is 3.75. The van der Waals surface area contributed by atoms with Crippen LogP contribution in [0.5, 0.6) is 0 Å². The number of hydrogen-bond donors (Lipinski definition) is 1. The number of fused-ring (bicyclic) bond motifs is 4. The van der Waals surface area contributed by atoms with Crippen molar-refractivity contribution >= 4 is 89.2 Å². The van der Waals surface area contributed by atoms with Crippen LogP contribution in [0.15, 0.2) is 157 Å². The van der Waals surface area contributed by atoms with Crippen molar-refractivity contribution in [3.63, 3.8) is 0 Å². The summed E-state index contributed by atoms with van der Waals surface area (Å²) in [4.78, 5) is 3.75. The van der Waals surface area contributed by atoms with Gasteiger partial charge in [0.05, 0.1) is 0 Å². The van der Waals surface area contributed by atoms with Gasteiger partial charge in [0.25, 0.3) is 0 Å². The van der Waals surface area contributed by atoms with Crippen LogP contribution >= 0.6 is 0 Å². The second kappa shape index (κ2) is 11.4.